The lowest BCUT2D eigenvalue weighted by atomic mass is 10.1. The van der Waals surface area contributed by atoms with E-state index in [4.69, 9.17) is 5.73 Å². The van der Waals surface area contributed by atoms with Gasteiger partial charge in [0, 0.05) is 6.42 Å². The predicted octanol–water partition coefficient (Wildman–Crippen LogP) is 0.994. The summed E-state index contributed by atoms with van der Waals surface area (Å²) in [5.41, 5.74) is 5.50. The molecule has 0 aromatic carbocycles. The second-order valence-electron chi connectivity index (χ2n) is 2.78. The molecule has 0 aromatic rings. The van der Waals surface area contributed by atoms with E-state index < -0.39 is 6.04 Å². The van der Waals surface area contributed by atoms with Crippen molar-refractivity contribution in [1.82, 2.24) is 0 Å². The van der Waals surface area contributed by atoms with Gasteiger partial charge in [-0.2, -0.15) is 0 Å². The number of hydrogen-bond acceptors (Lipinski definition) is 3. The van der Waals surface area contributed by atoms with Gasteiger partial charge in [0.1, 0.15) is 0 Å². The molecule has 0 spiro atoms. The lowest BCUT2D eigenvalue weighted by molar-refractivity contribution is -0.117. The molecule has 1 unspecified atom stereocenters. The lowest BCUT2D eigenvalue weighted by Gasteiger charge is -2.05. The van der Waals surface area contributed by atoms with Crippen LogP contribution in [0.1, 0.15) is 19.3 Å². The lowest BCUT2D eigenvalue weighted by Crippen LogP contribution is -2.28. The van der Waals surface area contributed by atoms with Crippen LogP contribution in [0.3, 0.4) is 0 Å². The number of hydrogen-bond donors (Lipinski definition) is 1. The van der Waals surface area contributed by atoms with Crippen LogP contribution in [-0.2, 0) is 9.59 Å². The number of ketones is 2. The van der Waals surface area contributed by atoms with E-state index in [0.29, 0.717) is 19.3 Å². The summed E-state index contributed by atoms with van der Waals surface area (Å²) in [6.45, 7) is 6.67. The van der Waals surface area contributed by atoms with E-state index >= 15 is 0 Å². The Morgan fingerprint density at radius 3 is 2.38 bits per heavy atom. The Morgan fingerprint density at radius 1 is 1.31 bits per heavy atom. The van der Waals surface area contributed by atoms with Gasteiger partial charge in [-0.1, -0.05) is 13.2 Å². The molecule has 0 aliphatic carbocycles. The van der Waals surface area contributed by atoms with Crippen LogP contribution in [0.25, 0.3) is 0 Å². The van der Waals surface area contributed by atoms with Gasteiger partial charge in [-0.05, 0) is 25.0 Å². The van der Waals surface area contributed by atoms with Crippen LogP contribution in [0.4, 0.5) is 0 Å². The van der Waals surface area contributed by atoms with Crippen LogP contribution in [0, 0.1) is 0 Å². The molecule has 0 fully saturated rings. The maximum absolute atomic E-state index is 10.9. The van der Waals surface area contributed by atoms with Crippen LogP contribution in [0.5, 0.6) is 0 Å². The van der Waals surface area contributed by atoms with Crippen molar-refractivity contribution in [3.05, 3.63) is 25.3 Å². The second-order valence-corrected chi connectivity index (χ2v) is 2.78. The van der Waals surface area contributed by atoms with E-state index in [1.54, 1.807) is 0 Å². The average Bonchev–Trinajstić information content (AvgIpc) is 2.15. The number of nitrogens with two attached hydrogens (primary N) is 1. The predicted molar refractivity (Wildman–Crippen MR) is 52.2 cm³/mol. The minimum absolute atomic E-state index is 0.0155. The van der Waals surface area contributed by atoms with Gasteiger partial charge in [0.25, 0.3) is 0 Å². The zero-order chi connectivity index (χ0) is 10.3. The SMILES string of the molecule is C=CC(=O)CCCC(N)C(=O)C=C. The van der Waals surface area contributed by atoms with E-state index in [2.05, 4.69) is 13.2 Å². The zero-order valence-corrected chi connectivity index (χ0v) is 7.66. The maximum atomic E-state index is 10.9. The molecule has 72 valence electrons. The molecule has 0 amide bonds. The molecule has 0 saturated heterocycles. The standard InChI is InChI=1S/C10H15NO2/c1-3-8(12)6-5-7-9(11)10(13)4-2/h3-4,9H,1-2,5-7,11H2. The fourth-order valence-corrected chi connectivity index (χ4v) is 0.892. The molecular formula is C10H15NO2. The fraction of sp³-hybridized carbons (Fsp3) is 0.400. The summed E-state index contributed by atoms with van der Waals surface area (Å²) < 4.78 is 0. The summed E-state index contributed by atoms with van der Waals surface area (Å²) >= 11 is 0. The number of allylic oxidation sites excluding steroid dienone is 1. The molecule has 1 atom stereocenters. The first kappa shape index (κ1) is 11.8. The molecule has 3 nitrogen and oxygen atoms in total. The van der Waals surface area contributed by atoms with Crippen molar-refractivity contribution in [2.45, 2.75) is 25.3 Å². The summed E-state index contributed by atoms with van der Waals surface area (Å²) in [6.07, 6.45) is 4.03. The van der Waals surface area contributed by atoms with Gasteiger partial charge in [0.2, 0.25) is 0 Å². The van der Waals surface area contributed by atoms with Gasteiger partial charge in [-0.25, -0.2) is 0 Å². The number of carbonyl (C=O) groups is 2. The zero-order valence-electron chi connectivity index (χ0n) is 7.66. The van der Waals surface area contributed by atoms with Crippen molar-refractivity contribution in [2.75, 3.05) is 0 Å². The summed E-state index contributed by atoms with van der Waals surface area (Å²) in [4.78, 5) is 21.7. The monoisotopic (exact) mass is 181 g/mol. The van der Waals surface area contributed by atoms with Gasteiger partial charge < -0.3 is 5.73 Å². The average molecular weight is 181 g/mol. The Kier molecular flexibility index (Phi) is 5.72. The molecule has 0 bridgehead atoms. The summed E-state index contributed by atoms with van der Waals surface area (Å²) in [6, 6.07) is -0.518. The molecule has 0 aromatic heterocycles. The highest BCUT2D eigenvalue weighted by atomic mass is 16.1. The van der Waals surface area contributed by atoms with Crippen LogP contribution in [-0.4, -0.2) is 17.6 Å². The molecule has 2 N–H and O–H groups in total. The number of carbonyl (C=O) groups excluding carboxylic acids is 2. The Bertz CT molecular complexity index is 221. The molecule has 0 heterocycles. The Morgan fingerprint density at radius 2 is 1.92 bits per heavy atom. The van der Waals surface area contributed by atoms with Gasteiger partial charge >= 0.3 is 0 Å². The minimum atomic E-state index is -0.518. The first-order chi connectivity index (χ1) is 6.11. The van der Waals surface area contributed by atoms with Crippen molar-refractivity contribution >= 4 is 11.6 Å². The van der Waals surface area contributed by atoms with Crippen LogP contribution in [0.15, 0.2) is 25.3 Å². The first-order valence-corrected chi connectivity index (χ1v) is 4.19. The smallest absolute Gasteiger partial charge is 0.171 e. The largest absolute Gasteiger partial charge is 0.321 e. The van der Waals surface area contributed by atoms with Gasteiger partial charge in [0.15, 0.2) is 11.6 Å². The van der Waals surface area contributed by atoms with E-state index in [1.807, 2.05) is 0 Å². The maximum Gasteiger partial charge on any atom is 0.171 e. The normalized spacial score (nSPS) is 11.8. The molecule has 13 heavy (non-hydrogen) atoms. The highest BCUT2D eigenvalue weighted by Crippen LogP contribution is 2.01. The molecule has 0 radical (unpaired) electrons. The van der Waals surface area contributed by atoms with Crippen molar-refractivity contribution < 1.29 is 9.59 Å². The van der Waals surface area contributed by atoms with Crippen molar-refractivity contribution in [3.8, 4) is 0 Å². The fourth-order valence-electron chi connectivity index (χ4n) is 0.892. The van der Waals surface area contributed by atoms with Crippen molar-refractivity contribution in [1.29, 1.82) is 0 Å². The highest BCUT2D eigenvalue weighted by Gasteiger charge is 2.09. The Hall–Kier alpha value is -1.22. The quantitative estimate of drug-likeness (QED) is 0.596. The summed E-state index contributed by atoms with van der Waals surface area (Å²) in [5.74, 6) is -0.190. The first-order valence-electron chi connectivity index (χ1n) is 4.19. The van der Waals surface area contributed by atoms with Crippen molar-refractivity contribution in [3.63, 3.8) is 0 Å². The summed E-state index contributed by atoms with van der Waals surface area (Å²) in [5, 5.41) is 0. The van der Waals surface area contributed by atoms with Gasteiger partial charge in [-0.15, -0.1) is 0 Å². The molecule has 0 saturated carbocycles. The van der Waals surface area contributed by atoms with Crippen molar-refractivity contribution in [2.24, 2.45) is 5.73 Å². The molecule has 0 rings (SSSR count). The molecule has 0 aliphatic rings. The Labute approximate surface area is 78.3 Å². The second kappa shape index (κ2) is 6.31. The molecular weight excluding hydrogens is 166 g/mol. The third-order valence-electron chi connectivity index (χ3n) is 1.73. The Balaban J connectivity index is 3.64. The number of rotatable bonds is 7. The third-order valence-corrected chi connectivity index (χ3v) is 1.73. The highest BCUT2D eigenvalue weighted by molar-refractivity contribution is 5.93. The molecule has 0 aliphatic heterocycles. The third kappa shape index (κ3) is 5.09. The van der Waals surface area contributed by atoms with Crippen LogP contribution < -0.4 is 5.73 Å². The van der Waals surface area contributed by atoms with E-state index in [-0.39, 0.29) is 11.6 Å². The topological polar surface area (TPSA) is 60.2 Å². The van der Waals surface area contributed by atoms with E-state index in [0.717, 1.165) is 0 Å². The van der Waals surface area contributed by atoms with E-state index in [9.17, 15) is 9.59 Å². The van der Waals surface area contributed by atoms with E-state index in [1.165, 1.54) is 12.2 Å². The van der Waals surface area contributed by atoms with Crippen LogP contribution in [0.2, 0.25) is 0 Å². The van der Waals surface area contributed by atoms with Gasteiger partial charge in [0.05, 0.1) is 6.04 Å². The molecule has 3 heteroatoms. The summed E-state index contributed by atoms with van der Waals surface area (Å²) in [7, 11) is 0. The minimum Gasteiger partial charge on any atom is -0.321 e. The van der Waals surface area contributed by atoms with Crippen LogP contribution >= 0.6 is 0 Å². The van der Waals surface area contributed by atoms with Gasteiger partial charge in [-0.3, -0.25) is 9.59 Å².